The number of fused-ring (bicyclic) bond motifs is 16. The van der Waals surface area contributed by atoms with Crippen LogP contribution >= 0.6 is 11.3 Å². The molecule has 0 amide bonds. The molecule has 0 bridgehead atoms. The zero-order chi connectivity index (χ0) is 45.2. The number of hydrogen-bond acceptors (Lipinski definition) is 5. The van der Waals surface area contributed by atoms with Crippen molar-refractivity contribution in [2.75, 3.05) is 0 Å². The van der Waals surface area contributed by atoms with Crippen molar-refractivity contribution < 1.29 is 4.42 Å². The number of furan rings is 1. The first kappa shape index (κ1) is 38.3. The van der Waals surface area contributed by atoms with Crippen molar-refractivity contribution in [2.45, 2.75) is 5.41 Å². The number of nitrogens with zero attached hydrogens (tertiary/aromatic N) is 3. The Bertz CT molecular complexity index is 4210. The van der Waals surface area contributed by atoms with Crippen molar-refractivity contribution in [1.29, 1.82) is 0 Å². The molecule has 2 aliphatic carbocycles. The normalized spacial score (nSPS) is 13.0. The van der Waals surface area contributed by atoms with E-state index < -0.39 is 5.41 Å². The first-order valence-electron chi connectivity index (χ1n) is 23.4. The fourth-order valence-corrected chi connectivity index (χ4v) is 12.8. The van der Waals surface area contributed by atoms with Crippen LogP contribution < -0.4 is 0 Å². The third-order valence-corrected chi connectivity index (χ3v) is 15.7. The average molecular weight is 896 g/mol. The van der Waals surface area contributed by atoms with Crippen LogP contribution in [0.5, 0.6) is 0 Å². The van der Waals surface area contributed by atoms with Gasteiger partial charge in [0.15, 0.2) is 17.5 Å². The number of aromatic nitrogens is 3. The Morgan fingerprint density at radius 3 is 1.58 bits per heavy atom. The molecule has 4 nitrogen and oxygen atoms in total. The summed E-state index contributed by atoms with van der Waals surface area (Å²) in [5.41, 5.74) is 18.9. The molecule has 3 aromatic heterocycles. The Morgan fingerprint density at radius 2 is 0.826 bits per heavy atom. The lowest BCUT2D eigenvalue weighted by Gasteiger charge is -2.30. The molecule has 0 saturated carbocycles. The standard InChI is InChI=1S/C64H37N3OS/c1-2-15-38(16-3-1)39-17-12-18-42(35-39)61-65-62(67-63(66-61)49-24-14-30-58-60(49)47-22-7-11-29-57(47)69-58)48-23-13-28-56-59(48)50-36-40(32-34-55(50)68-56)41-31-33-46-45-21-6-10-27-53(45)64(54(46)37-41)51-25-8-4-19-43(51)44-20-5-9-26-52(44)64/h1-37H. The van der Waals surface area contributed by atoms with Gasteiger partial charge in [0.2, 0.25) is 0 Å². The molecular formula is C64H37N3OS. The molecular weight excluding hydrogens is 859 g/mol. The number of benzene rings is 10. The minimum absolute atomic E-state index is 0.427. The van der Waals surface area contributed by atoms with Gasteiger partial charge < -0.3 is 4.42 Å². The molecule has 2 aliphatic rings. The van der Waals surface area contributed by atoms with Gasteiger partial charge in [0.25, 0.3) is 0 Å². The molecule has 5 heteroatoms. The summed E-state index contributed by atoms with van der Waals surface area (Å²) in [6.45, 7) is 0. The first-order chi connectivity index (χ1) is 34.2. The fourth-order valence-electron chi connectivity index (χ4n) is 11.6. The quantitative estimate of drug-likeness (QED) is 0.173. The topological polar surface area (TPSA) is 51.8 Å². The van der Waals surface area contributed by atoms with Crippen LogP contribution in [-0.4, -0.2) is 15.0 Å². The van der Waals surface area contributed by atoms with E-state index in [2.05, 4.69) is 212 Å². The highest BCUT2D eigenvalue weighted by atomic mass is 32.1. The average Bonchev–Trinajstić information content (AvgIpc) is 4.16. The molecule has 0 unspecified atom stereocenters. The van der Waals surface area contributed by atoms with Crippen molar-refractivity contribution >= 4 is 53.4 Å². The van der Waals surface area contributed by atoms with Crippen molar-refractivity contribution in [3.8, 4) is 78.7 Å². The van der Waals surface area contributed by atoms with Crippen LogP contribution in [0.4, 0.5) is 0 Å². The zero-order valence-corrected chi connectivity index (χ0v) is 37.8. The fraction of sp³-hybridized carbons (Fsp3) is 0.0156. The van der Waals surface area contributed by atoms with Crippen LogP contribution in [0.1, 0.15) is 22.3 Å². The molecule has 0 aliphatic heterocycles. The van der Waals surface area contributed by atoms with Crippen LogP contribution in [0.2, 0.25) is 0 Å². The van der Waals surface area contributed by atoms with Gasteiger partial charge >= 0.3 is 0 Å². The highest BCUT2D eigenvalue weighted by Crippen LogP contribution is 2.63. The van der Waals surface area contributed by atoms with E-state index in [-0.39, 0.29) is 0 Å². The van der Waals surface area contributed by atoms with Crippen molar-refractivity contribution in [3.63, 3.8) is 0 Å². The highest BCUT2D eigenvalue weighted by Gasteiger charge is 2.51. The predicted molar refractivity (Wildman–Crippen MR) is 283 cm³/mol. The lowest BCUT2D eigenvalue weighted by Crippen LogP contribution is -2.25. The van der Waals surface area contributed by atoms with E-state index in [0.717, 1.165) is 66.3 Å². The van der Waals surface area contributed by atoms with Crippen LogP contribution in [0.25, 0.3) is 121 Å². The summed E-state index contributed by atoms with van der Waals surface area (Å²) in [4.78, 5) is 16.1. The molecule has 0 fully saturated rings. The maximum absolute atomic E-state index is 6.70. The summed E-state index contributed by atoms with van der Waals surface area (Å²) >= 11 is 1.79. The Morgan fingerprint density at radius 1 is 0.304 bits per heavy atom. The maximum atomic E-state index is 6.70. The van der Waals surface area contributed by atoms with Gasteiger partial charge in [-0.05, 0) is 109 Å². The molecule has 69 heavy (non-hydrogen) atoms. The Labute approximate surface area is 401 Å². The zero-order valence-electron chi connectivity index (χ0n) is 37.0. The summed E-state index contributed by atoms with van der Waals surface area (Å²) in [6, 6.07) is 80.8. The predicted octanol–water partition coefficient (Wildman–Crippen LogP) is 16.8. The first-order valence-corrected chi connectivity index (χ1v) is 24.2. The van der Waals surface area contributed by atoms with E-state index in [0.29, 0.717) is 17.5 Å². The molecule has 3 heterocycles. The van der Waals surface area contributed by atoms with Gasteiger partial charge in [0.05, 0.1) is 5.41 Å². The minimum Gasteiger partial charge on any atom is -0.456 e. The van der Waals surface area contributed by atoms with E-state index >= 15 is 0 Å². The largest absolute Gasteiger partial charge is 0.456 e. The summed E-state index contributed by atoms with van der Waals surface area (Å²) < 4.78 is 9.12. The van der Waals surface area contributed by atoms with E-state index in [1.54, 1.807) is 11.3 Å². The Kier molecular flexibility index (Phi) is 8.12. The monoisotopic (exact) mass is 895 g/mol. The van der Waals surface area contributed by atoms with E-state index in [1.807, 2.05) is 12.1 Å². The molecule has 1 spiro atoms. The SMILES string of the molecule is c1ccc(-c2cccc(-c3nc(-c4cccc5oc6ccc(-c7ccc8c(c7)C7(c9ccccc9-c9ccccc97)c7ccccc7-8)cc6c45)nc(-c4cccc5sc6ccccc6c45)n3)c2)cc1. The Balaban J connectivity index is 0.934. The van der Waals surface area contributed by atoms with E-state index in [4.69, 9.17) is 19.4 Å². The summed E-state index contributed by atoms with van der Waals surface area (Å²) in [7, 11) is 0. The number of thiophene rings is 1. The van der Waals surface area contributed by atoms with Crippen LogP contribution in [0, 0.1) is 0 Å². The lowest BCUT2D eigenvalue weighted by molar-refractivity contribution is 0.669. The van der Waals surface area contributed by atoms with Crippen molar-refractivity contribution in [1.82, 2.24) is 15.0 Å². The minimum atomic E-state index is -0.427. The Hall–Kier alpha value is -8.77. The highest BCUT2D eigenvalue weighted by molar-refractivity contribution is 7.25. The van der Waals surface area contributed by atoms with Gasteiger partial charge in [-0.15, -0.1) is 11.3 Å². The van der Waals surface area contributed by atoms with Gasteiger partial charge in [-0.1, -0.05) is 182 Å². The maximum Gasteiger partial charge on any atom is 0.164 e. The van der Waals surface area contributed by atoms with Crippen LogP contribution in [0.15, 0.2) is 229 Å². The van der Waals surface area contributed by atoms with Crippen LogP contribution in [0.3, 0.4) is 0 Å². The number of hydrogen-bond donors (Lipinski definition) is 0. The smallest absolute Gasteiger partial charge is 0.164 e. The van der Waals surface area contributed by atoms with Gasteiger partial charge in [0, 0.05) is 47.6 Å². The third-order valence-electron chi connectivity index (χ3n) is 14.6. The summed E-state index contributed by atoms with van der Waals surface area (Å²) in [6.07, 6.45) is 0. The third kappa shape index (κ3) is 5.53. The molecule has 15 rings (SSSR count). The molecule has 0 N–H and O–H groups in total. The van der Waals surface area contributed by atoms with Gasteiger partial charge in [-0.3, -0.25) is 0 Å². The number of rotatable bonds is 5. The second kappa shape index (κ2) is 14.6. The van der Waals surface area contributed by atoms with Crippen LogP contribution in [-0.2, 0) is 5.41 Å². The summed E-state index contributed by atoms with van der Waals surface area (Å²) in [5.74, 6) is 1.83. The summed E-state index contributed by atoms with van der Waals surface area (Å²) in [5, 5.41) is 4.33. The molecule has 0 saturated heterocycles. The van der Waals surface area contributed by atoms with Gasteiger partial charge in [0.1, 0.15) is 11.2 Å². The van der Waals surface area contributed by atoms with Gasteiger partial charge in [-0.2, -0.15) is 0 Å². The van der Waals surface area contributed by atoms with Gasteiger partial charge in [-0.25, -0.2) is 15.0 Å². The molecule has 10 aromatic carbocycles. The van der Waals surface area contributed by atoms with E-state index in [1.165, 1.54) is 59.3 Å². The molecule has 320 valence electrons. The van der Waals surface area contributed by atoms with Crippen molar-refractivity contribution in [3.05, 3.63) is 247 Å². The second-order valence-corrected chi connectivity index (χ2v) is 19.3. The lowest BCUT2D eigenvalue weighted by atomic mass is 9.70. The van der Waals surface area contributed by atoms with Crippen molar-refractivity contribution in [2.24, 2.45) is 0 Å². The molecule has 0 atom stereocenters. The molecule has 0 radical (unpaired) electrons. The second-order valence-electron chi connectivity index (χ2n) is 18.2. The molecule has 13 aromatic rings. The van der Waals surface area contributed by atoms with E-state index in [9.17, 15) is 0 Å².